The summed E-state index contributed by atoms with van der Waals surface area (Å²) in [5.74, 6) is -0.155. The van der Waals surface area contributed by atoms with Crippen molar-refractivity contribution in [1.29, 1.82) is 0 Å². The lowest BCUT2D eigenvalue weighted by Gasteiger charge is -2.04. The topological polar surface area (TPSA) is 49.7 Å². The molecule has 0 unspecified atom stereocenters. The molecule has 0 atom stereocenters. The number of aryl methyl sites for hydroxylation is 1. The fourth-order valence-corrected chi connectivity index (χ4v) is 1.89. The predicted octanol–water partition coefficient (Wildman–Crippen LogP) is 3.07. The molecule has 0 aliphatic heterocycles. The van der Waals surface area contributed by atoms with Crippen LogP contribution >= 0.6 is 0 Å². The number of benzene rings is 2. The minimum absolute atomic E-state index is 0.122. The van der Waals surface area contributed by atoms with Crippen LogP contribution in [0.1, 0.15) is 17.5 Å². The van der Waals surface area contributed by atoms with Gasteiger partial charge in [0.15, 0.2) is 11.5 Å². The Bertz CT molecular complexity index is 562. The molecule has 2 rings (SSSR count). The van der Waals surface area contributed by atoms with Gasteiger partial charge < -0.3 is 5.21 Å². The Morgan fingerprint density at radius 2 is 1.53 bits per heavy atom. The van der Waals surface area contributed by atoms with Crippen molar-refractivity contribution in [2.45, 2.75) is 12.8 Å². The van der Waals surface area contributed by atoms with E-state index in [2.05, 4.69) is 5.16 Å². The molecule has 0 amide bonds. The Morgan fingerprint density at radius 1 is 0.947 bits per heavy atom. The van der Waals surface area contributed by atoms with Crippen molar-refractivity contribution in [3.63, 3.8) is 0 Å². The zero-order chi connectivity index (χ0) is 13.5. The van der Waals surface area contributed by atoms with Gasteiger partial charge in [-0.15, -0.1) is 0 Å². The average Bonchev–Trinajstić information content (AvgIpc) is 2.48. The fraction of sp³-hybridized carbons (Fsp3) is 0.125. The molecule has 0 aliphatic rings. The van der Waals surface area contributed by atoms with Crippen LogP contribution < -0.4 is 0 Å². The predicted molar refractivity (Wildman–Crippen MR) is 74.5 cm³/mol. The summed E-state index contributed by atoms with van der Waals surface area (Å²) in [6.45, 7) is 0. The van der Waals surface area contributed by atoms with Crippen molar-refractivity contribution in [2.24, 2.45) is 5.16 Å². The van der Waals surface area contributed by atoms with Crippen LogP contribution in [0, 0.1) is 0 Å². The summed E-state index contributed by atoms with van der Waals surface area (Å²) in [6, 6.07) is 18.8. The Labute approximate surface area is 112 Å². The standard InChI is InChI=1S/C16H15NO2/c18-15(12-11-13-7-3-1-4-8-13)16(17-19)14-9-5-2-6-10-14/h1-10,19H,11-12H2. The van der Waals surface area contributed by atoms with Gasteiger partial charge in [-0.25, -0.2) is 0 Å². The van der Waals surface area contributed by atoms with Crippen LogP contribution in [-0.4, -0.2) is 16.7 Å². The lowest BCUT2D eigenvalue weighted by atomic mass is 10.0. The molecule has 0 fully saturated rings. The number of ketones is 1. The summed E-state index contributed by atoms with van der Waals surface area (Å²) in [5.41, 5.74) is 1.86. The molecule has 0 bridgehead atoms. The van der Waals surface area contributed by atoms with Gasteiger partial charge in [0.25, 0.3) is 0 Å². The maximum absolute atomic E-state index is 12.1. The molecule has 2 aromatic rings. The summed E-state index contributed by atoms with van der Waals surface area (Å²) >= 11 is 0. The monoisotopic (exact) mass is 253 g/mol. The Morgan fingerprint density at radius 3 is 2.11 bits per heavy atom. The second-order valence-electron chi connectivity index (χ2n) is 4.22. The first kappa shape index (κ1) is 13.0. The van der Waals surface area contributed by atoms with E-state index in [1.165, 1.54) is 0 Å². The highest BCUT2D eigenvalue weighted by molar-refractivity contribution is 6.46. The van der Waals surface area contributed by atoms with Crippen LogP contribution in [0.4, 0.5) is 0 Å². The van der Waals surface area contributed by atoms with E-state index in [0.717, 1.165) is 5.56 Å². The number of carbonyl (C=O) groups is 1. The van der Waals surface area contributed by atoms with E-state index in [1.807, 2.05) is 48.5 Å². The van der Waals surface area contributed by atoms with Gasteiger partial charge >= 0.3 is 0 Å². The number of hydrogen-bond acceptors (Lipinski definition) is 3. The van der Waals surface area contributed by atoms with Gasteiger partial charge in [-0.3, -0.25) is 4.79 Å². The molecule has 96 valence electrons. The van der Waals surface area contributed by atoms with E-state index in [0.29, 0.717) is 18.4 Å². The van der Waals surface area contributed by atoms with Crippen LogP contribution in [0.25, 0.3) is 0 Å². The summed E-state index contributed by atoms with van der Waals surface area (Å²) in [5, 5.41) is 12.2. The Balaban J connectivity index is 2.03. The van der Waals surface area contributed by atoms with Crippen molar-refractivity contribution < 1.29 is 10.0 Å². The largest absolute Gasteiger partial charge is 0.410 e. The molecule has 0 spiro atoms. The first-order valence-corrected chi connectivity index (χ1v) is 6.16. The first-order chi connectivity index (χ1) is 9.31. The molecule has 0 aliphatic carbocycles. The summed E-state index contributed by atoms with van der Waals surface area (Å²) in [7, 11) is 0. The normalized spacial score (nSPS) is 11.3. The van der Waals surface area contributed by atoms with Crippen molar-refractivity contribution >= 4 is 11.5 Å². The van der Waals surface area contributed by atoms with Crippen molar-refractivity contribution in [2.75, 3.05) is 0 Å². The number of nitrogens with zero attached hydrogens (tertiary/aromatic N) is 1. The molecule has 0 aromatic heterocycles. The molecule has 3 nitrogen and oxygen atoms in total. The average molecular weight is 253 g/mol. The van der Waals surface area contributed by atoms with Gasteiger partial charge in [0, 0.05) is 12.0 Å². The smallest absolute Gasteiger partial charge is 0.185 e. The van der Waals surface area contributed by atoms with E-state index in [-0.39, 0.29) is 11.5 Å². The second-order valence-corrected chi connectivity index (χ2v) is 4.22. The van der Waals surface area contributed by atoms with Gasteiger partial charge in [-0.1, -0.05) is 65.8 Å². The highest BCUT2D eigenvalue weighted by atomic mass is 16.4. The molecular formula is C16H15NO2. The zero-order valence-electron chi connectivity index (χ0n) is 10.5. The van der Waals surface area contributed by atoms with Crippen LogP contribution in [0.3, 0.4) is 0 Å². The van der Waals surface area contributed by atoms with Crippen LogP contribution in [0.15, 0.2) is 65.8 Å². The van der Waals surface area contributed by atoms with E-state index in [1.54, 1.807) is 12.1 Å². The highest BCUT2D eigenvalue weighted by Crippen LogP contribution is 2.07. The maximum Gasteiger partial charge on any atom is 0.185 e. The number of hydrogen-bond donors (Lipinski definition) is 1. The number of carbonyl (C=O) groups excluding carboxylic acids is 1. The quantitative estimate of drug-likeness (QED) is 0.506. The molecule has 0 saturated carbocycles. The first-order valence-electron chi connectivity index (χ1n) is 6.16. The fourth-order valence-electron chi connectivity index (χ4n) is 1.89. The molecular weight excluding hydrogens is 238 g/mol. The van der Waals surface area contributed by atoms with E-state index in [4.69, 9.17) is 5.21 Å². The zero-order valence-corrected chi connectivity index (χ0v) is 10.5. The van der Waals surface area contributed by atoms with E-state index in [9.17, 15) is 4.79 Å². The van der Waals surface area contributed by atoms with E-state index >= 15 is 0 Å². The summed E-state index contributed by atoms with van der Waals surface area (Å²) in [6.07, 6.45) is 0.976. The number of oxime groups is 1. The van der Waals surface area contributed by atoms with Crippen molar-refractivity contribution in [1.82, 2.24) is 0 Å². The maximum atomic E-state index is 12.1. The van der Waals surface area contributed by atoms with E-state index < -0.39 is 0 Å². The van der Waals surface area contributed by atoms with Crippen LogP contribution in [0.5, 0.6) is 0 Å². The lowest BCUT2D eigenvalue weighted by molar-refractivity contribution is -0.113. The summed E-state index contributed by atoms with van der Waals surface area (Å²) in [4.78, 5) is 12.1. The third-order valence-electron chi connectivity index (χ3n) is 2.89. The number of rotatable bonds is 5. The molecule has 0 saturated heterocycles. The third kappa shape index (κ3) is 3.52. The third-order valence-corrected chi connectivity index (χ3v) is 2.89. The van der Waals surface area contributed by atoms with Gasteiger partial charge in [0.2, 0.25) is 0 Å². The Hall–Kier alpha value is -2.42. The molecule has 0 radical (unpaired) electrons. The minimum Gasteiger partial charge on any atom is -0.410 e. The molecule has 1 N–H and O–H groups in total. The van der Waals surface area contributed by atoms with Gasteiger partial charge in [0.05, 0.1) is 0 Å². The van der Waals surface area contributed by atoms with Crippen LogP contribution in [-0.2, 0) is 11.2 Å². The van der Waals surface area contributed by atoms with Gasteiger partial charge in [-0.2, -0.15) is 0 Å². The molecule has 3 heteroatoms. The number of Topliss-reactive ketones (excluding diaryl/α,β-unsaturated/α-hetero) is 1. The molecule has 19 heavy (non-hydrogen) atoms. The van der Waals surface area contributed by atoms with Crippen LogP contribution in [0.2, 0.25) is 0 Å². The lowest BCUT2D eigenvalue weighted by Crippen LogP contribution is -2.16. The highest BCUT2D eigenvalue weighted by Gasteiger charge is 2.14. The van der Waals surface area contributed by atoms with Crippen molar-refractivity contribution in [3.05, 3.63) is 71.8 Å². The summed E-state index contributed by atoms with van der Waals surface area (Å²) < 4.78 is 0. The molecule has 2 aromatic carbocycles. The molecule has 0 heterocycles. The Kier molecular flexibility index (Phi) is 4.45. The minimum atomic E-state index is -0.155. The van der Waals surface area contributed by atoms with Crippen molar-refractivity contribution in [3.8, 4) is 0 Å². The second kappa shape index (κ2) is 6.50. The van der Waals surface area contributed by atoms with Gasteiger partial charge in [-0.05, 0) is 12.0 Å². The SMILES string of the molecule is O=C(CCc1ccccc1)C(=NO)c1ccccc1. The van der Waals surface area contributed by atoms with Gasteiger partial charge in [0.1, 0.15) is 0 Å².